The van der Waals surface area contributed by atoms with Gasteiger partial charge in [-0.3, -0.25) is 0 Å². The maximum atomic E-state index is 6.29. The average Bonchev–Trinajstić information content (AvgIpc) is 2.68. The zero-order valence-electron chi connectivity index (χ0n) is 15.1. The second kappa shape index (κ2) is 5.04. The third-order valence-corrected chi connectivity index (χ3v) is 5.84. The molecule has 0 spiro atoms. The molecule has 2 radical (unpaired) electrons. The van der Waals surface area contributed by atoms with Gasteiger partial charge in [-0.25, -0.2) is 0 Å². The Morgan fingerprint density at radius 2 is 1.70 bits per heavy atom. The largest absolute Gasteiger partial charge is 0.492 e. The molecule has 1 atom stereocenters. The molecule has 0 N–H and O–H groups in total. The van der Waals surface area contributed by atoms with E-state index >= 15 is 0 Å². The van der Waals surface area contributed by atoms with E-state index in [0.29, 0.717) is 0 Å². The normalized spacial score (nSPS) is 19.6. The average molecular weight is 344 g/mol. The summed E-state index contributed by atoms with van der Waals surface area (Å²) in [5.74, 6) is 0.906. The van der Waals surface area contributed by atoms with E-state index in [1.165, 1.54) is 38.4 Å². The van der Waals surface area contributed by atoms with Crippen LogP contribution in [0.1, 0.15) is 23.6 Å². The van der Waals surface area contributed by atoms with Crippen molar-refractivity contribution < 1.29 is 4.74 Å². The van der Waals surface area contributed by atoms with Gasteiger partial charge in [-0.1, -0.05) is 72.8 Å². The summed E-state index contributed by atoms with van der Waals surface area (Å²) in [5, 5.41) is 5.05. The van der Waals surface area contributed by atoms with Crippen LogP contribution in [0.3, 0.4) is 0 Å². The van der Waals surface area contributed by atoms with Crippen LogP contribution in [0.15, 0.2) is 66.7 Å². The van der Waals surface area contributed by atoms with Crippen molar-refractivity contribution in [3.05, 3.63) is 83.4 Å². The second-order valence-electron chi connectivity index (χ2n) is 7.76. The first kappa shape index (κ1) is 15.1. The Labute approximate surface area is 159 Å². The summed E-state index contributed by atoms with van der Waals surface area (Å²) in [6.07, 6.45) is 5.02. The highest BCUT2D eigenvalue weighted by Crippen LogP contribution is 2.49. The molecular formula is C25H17BO. The second-order valence-corrected chi connectivity index (χ2v) is 7.76. The summed E-state index contributed by atoms with van der Waals surface area (Å²) in [6, 6.07) is 21.8. The number of hydrogen-bond acceptors (Lipinski definition) is 1. The van der Waals surface area contributed by atoms with Crippen molar-refractivity contribution in [2.24, 2.45) is 0 Å². The third-order valence-electron chi connectivity index (χ3n) is 5.84. The first-order valence-electron chi connectivity index (χ1n) is 9.38. The fraction of sp³-hybridized carbons (Fsp3) is 0.120. The van der Waals surface area contributed by atoms with Crippen LogP contribution in [0.4, 0.5) is 0 Å². The summed E-state index contributed by atoms with van der Waals surface area (Å²) in [5.41, 5.74) is 5.75. The van der Waals surface area contributed by atoms with Crippen LogP contribution >= 0.6 is 0 Å². The fourth-order valence-electron chi connectivity index (χ4n) is 4.72. The van der Waals surface area contributed by atoms with E-state index in [0.717, 1.165) is 23.1 Å². The molecule has 1 unspecified atom stereocenters. The van der Waals surface area contributed by atoms with Gasteiger partial charge in [0.15, 0.2) is 0 Å². The Balaban J connectivity index is 1.82. The molecule has 4 aromatic rings. The van der Waals surface area contributed by atoms with Gasteiger partial charge >= 0.3 is 0 Å². The first-order valence-corrected chi connectivity index (χ1v) is 9.38. The lowest BCUT2D eigenvalue weighted by Crippen LogP contribution is -2.32. The molecule has 1 nitrogen and oxygen atoms in total. The summed E-state index contributed by atoms with van der Waals surface area (Å²) in [7, 11) is 6.29. The Hall–Kier alpha value is -3.00. The lowest BCUT2D eigenvalue weighted by Gasteiger charge is -2.33. The Morgan fingerprint density at radius 1 is 0.926 bits per heavy atom. The molecule has 2 aliphatic rings. The molecule has 0 saturated carbocycles. The maximum absolute atomic E-state index is 6.29. The standard InChI is InChI=1S/C25H17BO/c1-25(26)13-12-19-21-14-16-8-4-6-15-7-5-11-20(22(15)16)23(21)17-9-2-3-10-18(17)24(19)27-25/h2-13H,14H2,1H3. The smallest absolute Gasteiger partial charge is 0.137 e. The van der Waals surface area contributed by atoms with Crippen molar-refractivity contribution in [2.45, 2.75) is 18.8 Å². The van der Waals surface area contributed by atoms with Crippen LogP contribution in [0, 0.1) is 0 Å². The van der Waals surface area contributed by atoms with Crippen molar-refractivity contribution >= 4 is 35.5 Å². The van der Waals surface area contributed by atoms with E-state index in [2.05, 4.69) is 66.7 Å². The Morgan fingerprint density at radius 3 is 2.56 bits per heavy atom. The summed E-state index contributed by atoms with van der Waals surface area (Å²) >= 11 is 0. The van der Waals surface area contributed by atoms with Crippen LogP contribution < -0.4 is 4.74 Å². The lowest BCUT2D eigenvalue weighted by atomic mass is 9.76. The molecule has 6 rings (SSSR count). The van der Waals surface area contributed by atoms with Crippen LogP contribution in [0.5, 0.6) is 5.75 Å². The van der Waals surface area contributed by atoms with Crippen molar-refractivity contribution in [2.75, 3.05) is 0 Å². The summed E-state index contributed by atoms with van der Waals surface area (Å²) < 4.78 is 6.25. The van der Waals surface area contributed by atoms with Gasteiger partial charge in [-0.15, -0.1) is 0 Å². The highest BCUT2D eigenvalue weighted by Gasteiger charge is 2.30. The van der Waals surface area contributed by atoms with Crippen LogP contribution in [-0.2, 0) is 6.42 Å². The van der Waals surface area contributed by atoms with Gasteiger partial charge in [0, 0.05) is 10.9 Å². The Bertz CT molecular complexity index is 1290. The van der Waals surface area contributed by atoms with E-state index in [9.17, 15) is 0 Å². The maximum Gasteiger partial charge on any atom is 0.137 e. The zero-order chi connectivity index (χ0) is 18.2. The molecule has 1 aliphatic carbocycles. The molecule has 0 saturated heterocycles. The van der Waals surface area contributed by atoms with Gasteiger partial charge in [-0.2, -0.15) is 0 Å². The lowest BCUT2D eigenvalue weighted by molar-refractivity contribution is 0.227. The molecular weight excluding hydrogens is 327 g/mol. The van der Waals surface area contributed by atoms with Gasteiger partial charge in [0.05, 0.1) is 5.50 Å². The van der Waals surface area contributed by atoms with Gasteiger partial charge in [-0.05, 0) is 51.8 Å². The minimum absolute atomic E-state index is 0.781. The van der Waals surface area contributed by atoms with Crippen molar-refractivity contribution in [3.8, 4) is 16.9 Å². The minimum Gasteiger partial charge on any atom is -0.492 e. The topological polar surface area (TPSA) is 9.23 Å². The van der Waals surface area contributed by atoms with E-state index in [4.69, 9.17) is 12.6 Å². The summed E-state index contributed by atoms with van der Waals surface area (Å²) in [6.45, 7) is 1.90. The number of benzene rings is 4. The van der Waals surface area contributed by atoms with Crippen molar-refractivity contribution in [1.29, 1.82) is 0 Å². The molecule has 126 valence electrons. The molecule has 0 bridgehead atoms. The predicted octanol–water partition coefficient (Wildman–Crippen LogP) is 5.85. The monoisotopic (exact) mass is 344 g/mol. The quantitative estimate of drug-likeness (QED) is 0.320. The van der Waals surface area contributed by atoms with Gasteiger partial charge in [0.2, 0.25) is 0 Å². The third kappa shape index (κ3) is 2.01. The molecule has 0 fully saturated rings. The highest BCUT2D eigenvalue weighted by atomic mass is 16.5. The molecule has 4 aromatic carbocycles. The van der Waals surface area contributed by atoms with E-state index in [1.54, 1.807) is 0 Å². The molecule has 27 heavy (non-hydrogen) atoms. The minimum atomic E-state index is -0.781. The SMILES string of the molecule is [B]C1(C)C=Cc2c3c(c4ccccc4c2O1)-c1cccc2cccc(c12)C3. The van der Waals surface area contributed by atoms with E-state index in [1.807, 2.05) is 13.0 Å². The molecule has 0 amide bonds. The molecule has 0 aromatic heterocycles. The van der Waals surface area contributed by atoms with Gasteiger partial charge in [0.1, 0.15) is 13.6 Å². The van der Waals surface area contributed by atoms with E-state index in [-0.39, 0.29) is 0 Å². The number of ether oxygens (including phenoxy) is 1. The van der Waals surface area contributed by atoms with Crippen LogP contribution in [-0.4, -0.2) is 13.3 Å². The van der Waals surface area contributed by atoms with Crippen molar-refractivity contribution in [1.82, 2.24) is 0 Å². The zero-order valence-corrected chi connectivity index (χ0v) is 15.1. The number of hydrogen-bond donors (Lipinski definition) is 0. The molecule has 1 aliphatic heterocycles. The highest BCUT2D eigenvalue weighted by molar-refractivity contribution is 6.18. The van der Waals surface area contributed by atoms with Gasteiger partial charge in [0.25, 0.3) is 0 Å². The molecule has 1 heterocycles. The molecule has 2 heteroatoms. The summed E-state index contributed by atoms with van der Waals surface area (Å²) in [4.78, 5) is 0. The first-order chi connectivity index (χ1) is 13.1. The Kier molecular flexibility index (Phi) is 2.82. The number of rotatable bonds is 0. The van der Waals surface area contributed by atoms with Crippen LogP contribution in [0.2, 0.25) is 0 Å². The fourth-order valence-corrected chi connectivity index (χ4v) is 4.72. The van der Waals surface area contributed by atoms with Crippen LogP contribution in [0.25, 0.3) is 38.7 Å². The number of fused-ring (bicyclic) bond motifs is 7. The van der Waals surface area contributed by atoms with Gasteiger partial charge < -0.3 is 4.74 Å². The van der Waals surface area contributed by atoms with E-state index < -0.39 is 5.50 Å². The predicted molar refractivity (Wildman–Crippen MR) is 114 cm³/mol. The van der Waals surface area contributed by atoms with Crippen molar-refractivity contribution in [3.63, 3.8) is 0 Å².